The molecule has 21 heavy (non-hydrogen) atoms. The van der Waals surface area contributed by atoms with Crippen LogP contribution in [0.1, 0.15) is 29.3 Å². The average Bonchev–Trinajstić information content (AvgIpc) is 2.54. The van der Waals surface area contributed by atoms with Crippen LogP contribution in [0.25, 0.3) is 0 Å². The zero-order valence-electron chi connectivity index (χ0n) is 12.1. The highest BCUT2D eigenvalue weighted by atomic mass is 16.5. The quantitative estimate of drug-likeness (QED) is 0.856. The third-order valence-corrected chi connectivity index (χ3v) is 3.05. The molecular formula is C17H20N2O2. The van der Waals surface area contributed by atoms with Crippen LogP contribution >= 0.6 is 0 Å². The number of rotatable bonds is 6. The number of hydrogen-bond donors (Lipinski definition) is 2. The van der Waals surface area contributed by atoms with E-state index in [0.717, 1.165) is 12.0 Å². The molecule has 0 aromatic heterocycles. The van der Waals surface area contributed by atoms with E-state index in [9.17, 15) is 4.79 Å². The van der Waals surface area contributed by atoms with E-state index in [1.807, 2.05) is 43.3 Å². The molecule has 0 fully saturated rings. The Bertz CT molecular complexity index is 594. The van der Waals surface area contributed by atoms with Gasteiger partial charge in [-0.2, -0.15) is 0 Å². The summed E-state index contributed by atoms with van der Waals surface area (Å²) < 4.78 is 5.63. The van der Waals surface area contributed by atoms with E-state index in [2.05, 4.69) is 5.32 Å². The molecule has 0 radical (unpaired) electrons. The molecule has 1 amide bonds. The van der Waals surface area contributed by atoms with Crippen molar-refractivity contribution in [2.24, 2.45) is 5.73 Å². The fourth-order valence-corrected chi connectivity index (χ4v) is 1.89. The van der Waals surface area contributed by atoms with Gasteiger partial charge in [0.25, 0.3) is 5.91 Å². The molecular weight excluding hydrogens is 264 g/mol. The van der Waals surface area contributed by atoms with Crippen molar-refractivity contribution in [3.63, 3.8) is 0 Å². The highest BCUT2D eigenvalue weighted by Gasteiger charge is 2.09. The first-order chi connectivity index (χ1) is 10.2. The number of ether oxygens (including phenoxy) is 1. The number of anilines is 1. The second kappa shape index (κ2) is 7.45. The monoisotopic (exact) mass is 284 g/mol. The van der Waals surface area contributed by atoms with Crippen molar-refractivity contribution >= 4 is 11.6 Å². The highest BCUT2D eigenvalue weighted by Crippen LogP contribution is 2.24. The standard InChI is InChI=1S/C17H20N2O2/c1-2-11-21-16-6-4-3-5-15(16)19-17(20)14-9-7-13(12-18)8-10-14/h3-10H,2,11-12,18H2,1H3,(H,19,20). The first kappa shape index (κ1) is 15.1. The number of benzene rings is 2. The van der Waals surface area contributed by atoms with Gasteiger partial charge in [0.05, 0.1) is 12.3 Å². The maximum absolute atomic E-state index is 12.2. The largest absolute Gasteiger partial charge is 0.491 e. The fraction of sp³-hybridized carbons (Fsp3) is 0.235. The molecule has 0 saturated heterocycles. The van der Waals surface area contributed by atoms with E-state index in [4.69, 9.17) is 10.5 Å². The topological polar surface area (TPSA) is 64.3 Å². The number of nitrogens with two attached hydrogens (primary N) is 1. The van der Waals surface area contributed by atoms with Gasteiger partial charge in [-0.05, 0) is 36.2 Å². The molecule has 0 saturated carbocycles. The Morgan fingerprint density at radius 1 is 1.14 bits per heavy atom. The predicted octanol–water partition coefficient (Wildman–Crippen LogP) is 3.19. The predicted molar refractivity (Wildman–Crippen MR) is 84.5 cm³/mol. The van der Waals surface area contributed by atoms with Crippen molar-refractivity contribution in [1.29, 1.82) is 0 Å². The van der Waals surface area contributed by atoms with E-state index >= 15 is 0 Å². The van der Waals surface area contributed by atoms with Gasteiger partial charge in [-0.15, -0.1) is 0 Å². The number of para-hydroxylation sites is 2. The Morgan fingerprint density at radius 2 is 1.86 bits per heavy atom. The molecule has 0 heterocycles. The molecule has 3 N–H and O–H groups in total. The van der Waals surface area contributed by atoms with Crippen LogP contribution in [-0.2, 0) is 6.54 Å². The summed E-state index contributed by atoms with van der Waals surface area (Å²) in [5, 5.41) is 2.88. The Kier molecular flexibility index (Phi) is 5.35. The third-order valence-electron chi connectivity index (χ3n) is 3.05. The molecule has 0 aliphatic carbocycles. The Hall–Kier alpha value is -2.33. The lowest BCUT2D eigenvalue weighted by atomic mass is 10.1. The van der Waals surface area contributed by atoms with Crippen molar-refractivity contribution in [2.75, 3.05) is 11.9 Å². The summed E-state index contributed by atoms with van der Waals surface area (Å²) in [5.74, 6) is 0.525. The molecule has 2 aromatic rings. The summed E-state index contributed by atoms with van der Waals surface area (Å²) in [6.07, 6.45) is 0.919. The van der Waals surface area contributed by atoms with Crippen LogP contribution in [0.15, 0.2) is 48.5 Å². The maximum Gasteiger partial charge on any atom is 0.255 e. The van der Waals surface area contributed by atoms with Crippen LogP contribution < -0.4 is 15.8 Å². The minimum absolute atomic E-state index is 0.161. The molecule has 0 atom stereocenters. The number of amides is 1. The molecule has 110 valence electrons. The van der Waals surface area contributed by atoms with Crippen LogP contribution in [0.5, 0.6) is 5.75 Å². The molecule has 0 aliphatic rings. The lowest BCUT2D eigenvalue weighted by molar-refractivity contribution is 0.102. The third kappa shape index (κ3) is 4.07. The van der Waals surface area contributed by atoms with Crippen molar-refractivity contribution < 1.29 is 9.53 Å². The van der Waals surface area contributed by atoms with Gasteiger partial charge in [-0.25, -0.2) is 0 Å². The summed E-state index contributed by atoms with van der Waals surface area (Å²) in [7, 11) is 0. The van der Waals surface area contributed by atoms with Gasteiger partial charge < -0.3 is 15.8 Å². The zero-order valence-corrected chi connectivity index (χ0v) is 12.1. The normalized spacial score (nSPS) is 10.2. The first-order valence-electron chi connectivity index (χ1n) is 7.06. The van der Waals surface area contributed by atoms with E-state index < -0.39 is 0 Å². The van der Waals surface area contributed by atoms with Crippen LogP contribution in [0.3, 0.4) is 0 Å². The Morgan fingerprint density at radius 3 is 2.52 bits per heavy atom. The van der Waals surface area contributed by atoms with Crippen molar-refractivity contribution in [2.45, 2.75) is 19.9 Å². The van der Waals surface area contributed by atoms with Crippen molar-refractivity contribution in [1.82, 2.24) is 0 Å². The number of carbonyl (C=O) groups excluding carboxylic acids is 1. The summed E-state index contributed by atoms with van der Waals surface area (Å²) in [5.41, 5.74) is 7.82. The molecule has 4 heteroatoms. The lowest BCUT2D eigenvalue weighted by Gasteiger charge is -2.12. The van der Waals surface area contributed by atoms with Crippen LogP contribution in [0.2, 0.25) is 0 Å². The van der Waals surface area contributed by atoms with Gasteiger partial charge in [0, 0.05) is 12.1 Å². The molecule has 2 aromatic carbocycles. The van der Waals surface area contributed by atoms with Crippen molar-refractivity contribution in [3.05, 3.63) is 59.7 Å². The minimum Gasteiger partial charge on any atom is -0.491 e. The number of nitrogens with one attached hydrogen (secondary N) is 1. The van der Waals surface area contributed by atoms with Crippen LogP contribution in [-0.4, -0.2) is 12.5 Å². The zero-order chi connectivity index (χ0) is 15.1. The molecule has 0 spiro atoms. The Labute approximate surface area is 124 Å². The van der Waals surface area contributed by atoms with Gasteiger partial charge >= 0.3 is 0 Å². The summed E-state index contributed by atoms with van der Waals surface area (Å²) in [6.45, 7) is 3.13. The van der Waals surface area contributed by atoms with Gasteiger partial charge in [-0.1, -0.05) is 31.2 Å². The lowest BCUT2D eigenvalue weighted by Crippen LogP contribution is -2.13. The van der Waals surface area contributed by atoms with Gasteiger partial charge in [0.15, 0.2) is 0 Å². The SMILES string of the molecule is CCCOc1ccccc1NC(=O)c1ccc(CN)cc1. The van der Waals surface area contributed by atoms with E-state index in [0.29, 0.717) is 30.2 Å². The summed E-state index contributed by atoms with van der Waals surface area (Å²) in [6, 6.07) is 14.7. The maximum atomic E-state index is 12.2. The molecule has 0 aliphatic heterocycles. The van der Waals surface area contributed by atoms with Gasteiger partial charge in [-0.3, -0.25) is 4.79 Å². The average molecular weight is 284 g/mol. The second-order valence-corrected chi connectivity index (χ2v) is 4.70. The number of hydrogen-bond acceptors (Lipinski definition) is 3. The molecule has 2 rings (SSSR count). The van der Waals surface area contributed by atoms with E-state index in [1.165, 1.54) is 0 Å². The van der Waals surface area contributed by atoms with E-state index in [1.54, 1.807) is 12.1 Å². The fourth-order valence-electron chi connectivity index (χ4n) is 1.89. The highest BCUT2D eigenvalue weighted by molar-refractivity contribution is 6.05. The van der Waals surface area contributed by atoms with Crippen molar-refractivity contribution in [3.8, 4) is 5.75 Å². The van der Waals surface area contributed by atoms with Crippen LogP contribution in [0, 0.1) is 0 Å². The van der Waals surface area contributed by atoms with Gasteiger partial charge in [0.1, 0.15) is 5.75 Å². The van der Waals surface area contributed by atoms with Gasteiger partial charge in [0.2, 0.25) is 0 Å². The van der Waals surface area contributed by atoms with Crippen LogP contribution in [0.4, 0.5) is 5.69 Å². The minimum atomic E-state index is -0.161. The number of carbonyl (C=O) groups is 1. The summed E-state index contributed by atoms with van der Waals surface area (Å²) >= 11 is 0. The smallest absolute Gasteiger partial charge is 0.255 e. The Balaban J connectivity index is 2.11. The first-order valence-corrected chi connectivity index (χ1v) is 7.06. The molecule has 4 nitrogen and oxygen atoms in total. The van der Waals surface area contributed by atoms with E-state index in [-0.39, 0.29) is 5.91 Å². The second-order valence-electron chi connectivity index (χ2n) is 4.70. The summed E-state index contributed by atoms with van der Waals surface area (Å²) in [4.78, 5) is 12.2. The molecule has 0 bridgehead atoms. The molecule has 0 unspecified atom stereocenters.